The van der Waals surface area contributed by atoms with Crippen molar-refractivity contribution in [3.05, 3.63) is 47.4 Å². The van der Waals surface area contributed by atoms with Crippen molar-refractivity contribution in [1.29, 1.82) is 0 Å². The van der Waals surface area contributed by atoms with E-state index in [4.69, 9.17) is 4.74 Å². The third kappa shape index (κ3) is 3.92. The average molecular weight is 290 g/mol. The van der Waals surface area contributed by atoms with Gasteiger partial charge in [0.1, 0.15) is 12.4 Å². The SMILES string of the molecule is BNC/C(=C\F)COc1ccc(-c2cnc(C)s2)cc1. The summed E-state index contributed by atoms with van der Waals surface area (Å²) in [4.78, 5) is 5.37. The van der Waals surface area contributed by atoms with Gasteiger partial charge in [-0.2, -0.15) is 0 Å². The van der Waals surface area contributed by atoms with Gasteiger partial charge < -0.3 is 9.96 Å². The lowest BCUT2D eigenvalue weighted by Gasteiger charge is -2.08. The number of halogens is 1. The van der Waals surface area contributed by atoms with Crippen LogP contribution in [-0.4, -0.2) is 26.1 Å². The van der Waals surface area contributed by atoms with Crippen LogP contribution in [0.4, 0.5) is 4.39 Å². The lowest BCUT2D eigenvalue weighted by atomic mass is 10.2. The summed E-state index contributed by atoms with van der Waals surface area (Å²) in [7, 11) is 1.77. The molecule has 1 aromatic heterocycles. The molecule has 1 aromatic carbocycles. The molecule has 0 bridgehead atoms. The molecule has 0 saturated carbocycles. The van der Waals surface area contributed by atoms with Gasteiger partial charge >= 0.3 is 0 Å². The minimum Gasteiger partial charge on any atom is -0.489 e. The highest BCUT2D eigenvalue weighted by atomic mass is 32.1. The number of ether oxygens (including phenoxy) is 1. The van der Waals surface area contributed by atoms with Crippen molar-refractivity contribution >= 4 is 19.3 Å². The Labute approximate surface area is 122 Å². The monoisotopic (exact) mass is 290 g/mol. The molecule has 1 heterocycles. The number of thiazole rings is 1. The average Bonchev–Trinajstić information content (AvgIpc) is 2.90. The van der Waals surface area contributed by atoms with E-state index in [0.717, 1.165) is 21.2 Å². The van der Waals surface area contributed by atoms with Crippen LogP contribution in [0.15, 0.2) is 42.4 Å². The molecule has 3 nitrogen and oxygen atoms in total. The number of benzene rings is 1. The molecule has 0 radical (unpaired) electrons. The predicted molar refractivity (Wildman–Crippen MR) is 83.5 cm³/mol. The summed E-state index contributed by atoms with van der Waals surface area (Å²) >= 11 is 1.66. The summed E-state index contributed by atoms with van der Waals surface area (Å²) in [6, 6.07) is 7.75. The highest BCUT2D eigenvalue weighted by molar-refractivity contribution is 7.15. The highest BCUT2D eigenvalue weighted by Crippen LogP contribution is 2.27. The molecule has 0 aliphatic heterocycles. The maximum Gasteiger partial charge on any atom is 0.182 e. The van der Waals surface area contributed by atoms with Gasteiger partial charge in [-0.1, -0.05) is 0 Å². The first-order chi connectivity index (χ1) is 9.72. The molecule has 0 amide bonds. The van der Waals surface area contributed by atoms with Crippen LogP contribution < -0.4 is 9.96 Å². The molecule has 0 unspecified atom stereocenters. The smallest absolute Gasteiger partial charge is 0.182 e. The predicted octanol–water partition coefficient (Wildman–Crippen LogP) is 2.49. The zero-order valence-corrected chi connectivity index (χ0v) is 12.3. The van der Waals surface area contributed by atoms with Crippen LogP contribution in [0, 0.1) is 6.92 Å². The molecule has 6 heteroatoms. The molecular weight excluding hydrogens is 274 g/mol. The van der Waals surface area contributed by atoms with Crippen molar-refractivity contribution in [2.75, 3.05) is 13.2 Å². The summed E-state index contributed by atoms with van der Waals surface area (Å²) in [5, 5.41) is 3.94. The van der Waals surface area contributed by atoms with Gasteiger partial charge in [-0.3, -0.25) is 0 Å². The van der Waals surface area contributed by atoms with Crippen LogP contribution in [0.5, 0.6) is 5.75 Å². The summed E-state index contributed by atoms with van der Waals surface area (Å²) in [6.07, 6.45) is 2.46. The summed E-state index contributed by atoms with van der Waals surface area (Å²) in [6.45, 7) is 2.71. The van der Waals surface area contributed by atoms with Crippen LogP contribution in [0.2, 0.25) is 0 Å². The number of nitrogens with one attached hydrogen (secondary N) is 1. The third-order valence-electron chi connectivity index (χ3n) is 2.74. The van der Waals surface area contributed by atoms with E-state index in [2.05, 4.69) is 10.2 Å². The highest BCUT2D eigenvalue weighted by Gasteiger charge is 2.03. The molecule has 2 aromatic rings. The van der Waals surface area contributed by atoms with Crippen LogP contribution in [0.25, 0.3) is 10.4 Å². The number of hydrogen-bond acceptors (Lipinski definition) is 4. The van der Waals surface area contributed by atoms with Crippen molar-refractivity contribution in [1.82, 2.24) is 10.2 Å². The van der Waals surface area contributed by atoms with Gasteiger partial charge in [-0.25, -0.2) is 9.37 Å². The summed E-state index contributed by atoms with van der Waals surface area (Å²) < 4.78 is 18.1. The van der Waals surface area contributed by atoms with E-state index in [-0.39, 0.29) is 6.61 Å². The van der Waals surface area contributed by atoms with Gasteiger partial charge in [0, 0.05) is 18.3 Å². The van der Waals surface area contributed by atoms with E-state index < -0.39 is 0 Å². The second-order valence-corrected chi connectivity index (χ2v) is 5.59. The Morgan fingerprint density at radius 3 is 2.75 bits per heavy atom. The van der Waals surface area contributed by atoms with E-state index in [1.165, 1.54) is 0 Å². The fourth-order valence-electron chi connectivity index (χ4n) is 1.73. The molecule has 104 valence electrons. The van der Waals surface area contributed by atoms with Crippen molar-refractivity contribution in [3.63, 3.8) is 0 Å². The van der Waals surface area contributed by atoms with E-state index >= 15 is 0 Å². The Hall–Kier alpha value is -1.66. The maximum absolute atomic E-state index is 12.5. The van der Waals surface area contributed by atoms with Crippen molar-refractivity contribution in [3.8, 4) is 16.2 Å². The van der Waals surface area contributed by atoms with Crippen LogP contribution >= 0.6 is 11.3 Å². The summed E-state index contributed by atoms with van der Waals surface area (Å²) in [5.41, 5.74) is 1.69. The number of rotatable bonds is 6. The van der Waals surface area contributed by atoms with E-state index in [1.807, 2.05) is 37.4 Å². The van der Waals surface area contributed by atoms with Gasteiger partial charge in [0.15, 0.2) is 7.98 Å². The molecule has 0 atom stereocenters. The number of aromatic nitrogens is 1. The minimum absolute atomic E-state index is 0.246. The first-order valence-electron chi connectivity index (χ1n) is 6.31. The number of nitrogens with zero attached hydrogens (tertiary/aromatic N) is 1. The fourth-order valence-corrected chi connectivity index (χ4v) is 2.52. The van der Waals surface area contributed by atoms with Gasteiger partial charge in [0.05, 0.1) is 16.2 Å². The Morgan fingerprint density at radius 2 is 2.20 bits per heavy atom. The molecule has 0 aliphatic carbocycles. The van der Waals surface area contributed by atoms with Crippen molar-refractivity contribution in [2.45, 2.75) is 6.92 Å². The van der Waals surface area contributed by atoms with Gasteiger partial charge in [0.25, 0.3) is 0 Å². The zero-order valence-electron chi connectivity index (χ0n) is 11.5. The maximum atomic E-state index is 12.5. The van der Waals surface area contributed by atoms with Gasteiger partial charge in [0.2, 0.25) is 0 Å². The molecule has 0 aliphatic rings. The summed E-state index contributed by atoms with van der Waals surface area (Å²) in [5.74, 6) is 0.727. The first-order valence-corrected chi connectivity index (χ1v) is 7.13. The zero-order chi connectivity index (χ0) is 14.4. The second kappa shape index (κ2) is 7.21. The van der Waals surface area contributed by atoms with E-state index in [1.54, 1.807) is 19.3 Å². The number of hydrogen-bond donors (Lipinski definition) is 1. The van der Waals surface area contributed by atoms with Gasteiger partial charge in [-0.15, -0.1) is 11.3 Å². The van der Waals surface area contributed by atoms with Crippen LogP contribution in [0.1, 0.15) is 5.01 Å². The Bertz CT molecular complexity index is 583. The quantitative estimate of drug-likeness (QED) is 0.830. The largest absolute Gasteiger partial charge is 0.489 e. The van der Waals surface area contributed by atoms with E-state index in [9.17, 15) is 4.39 Å². The Kier molecular flexibility index (Phi) is 5.32. The lowest BCUT2D eigenvalue weighted by Crippen LogP contribution is -2.16. The van der Waals surface area contributed by atoms with Crippen molar-refractivity contribution in [2.24, 2.45) is 0 Å². The number of aryl methyl sites for hydroxylation is 1. The fraction of sp³-hybridized carbons (Fsp3) is 0.214. The van der Waals surface area contributed by atoms with Gasteiger partial charge in [-0.05, 0) is 36.8 Å². The molecule has 1 N–H and O–H groups in total. The van der Waals surface area contributed by atoms with E-state index in [0.29, 0.717) is 18.4 Å². The molecule has 0 fully saturated rings. The lowest BCUT2D eigenvalue weighted by molar-refractivity contribution is 0.347. The standard InChI is InChI=1S/C14H16BFN2OS/c1-10-17-8-14(20-10)12-2-4-13(5-3-12)19-9-11(6-16)7-18-15/h2-6,8,18H,7,9,15H2,1H3/b11-6+. The second-order valence-electron chi connectivity index (χ2n) is 4.35. The Morgan fingerprint density at radius 1 is 1.45 bits per heavy atom. The van der Waals surface area contributed by atoms with Crippen LogP contribution in [-0.2, 0) is 0 Å². The molecule has 2 rings (SSSR count). The van der Waals surface area contributed by atoms with Crippen molar-refractivity contribution < 1.29 is 9.13 Å². The molecule has 0 spiro atoms. The molecular formula is C14H16BFN2OS. The first kappa shape index (κ1) is 14.7. The normalized spacial score (nSPS) is 11.6. The minimum atomic E-state index is 0.246. The third-order valence-corrected chi connectivity index (χ3v) is 3.70. The Balaban J connectivity index is 1.98. The molecule has 0 saturated heterocycles. The topological polar surface area (TPSA) is 34.1 Å². The van der Waals surface area contributed by atoms with Crippen LogP contribution in [0.3, 0.4) is 0 Å². The molecule has 20 heavy (non-hydrogen) atoms.